The molecule has 5 heteroatoms. The molecule has 0 radical (unpaired) electrons. The number of hydrogen-bond donors (Lipinski definition) is 0. The molecule has 0 aliphatic heterocycles. The Balaban J connectivity index is 1.93. The van der Waals surface area contributed by atoms with Crippen LogP contribution in [0.2, 0.25) is 0 Å². The molecule has 0 amide bonds. The minimum atomic E-state index is 0.297. The van der Waals surface area contributed by atoms with E-state index < -0.39 is 0 Å². The number of aryl methyl sites for hydroxylation is 2. The lowest BCUT2D eigenvalue weighted by molar-refractivity contribution is 0.256. The summed E-state index contributed by atoms with van der Waals surface area (Å²) >= 11 is 5.62. The van der Waals surface area contributed by atoms with E-state index in [4.69, 9.17) is 20.8 Å². The highest BCUT2D eigenvalue weighted by Crippen LogP contribution is 2.19. The molecule has 1 heterocycles. The van der Waals surface area contributed by atoms with Crippen LogP contribution in [0.15, 0.2) is 28.7 Å². The second kappa shape index (κ2) is 7.14. The van der Waals surface area contributed by atoms with Crippen molar-refractivity contribution in [2.75, 3.05) is 5.88 Å². The number of rotatable bonds is 7. The van der Waals surface area contributed by atoms with Gasteiger partial charge in [0.05, 0.1) is 0 Å². The first-order valence-corrected chi connectivity index (χ1v) is 6.95. The fourth-order valence-electron chi connectivity index (χ4n) is 1.74. The summed E-state index contributed by atoms with van der Waals surface area (Å²) in [6, 6.07) is 7.95. The molecule has 19 heavy (non-hydrogen) atoms. The third-order valence-corrected chi connectivity index (χ3v) is 3.00. The van der Waals surface area contributed by atoms with Crippen molar-refractivity contribution in [1.82, 2.24) is 10.2 Å². The second-order valence-corrected chi connectivity index (χ2v) is 4.51. The molecule has 0 spiro atoms. The normalized spacial score (nSPS) is 10.6. The first-order chi connectivity index (χ1) is 9.33. The monoisotopic (exact) mass is 280 g/mol. The number of hydrogen-bond acceptors (Lipinski definition) is 4. The molecule has 0 unspecified atom stereocenters. The minimum absolute atomic E-state index is 0.297. The molecular weight excluding hydrogens is 264 g/mol. The van der Waals surface area contributed by atoms with Crippen molar-refractivity contribution < 1.29 is 9.15 Å². The van der Waals surface area contributed by atoms with Crippen molar-refractivity contribution in [2.24, 2.45) is 0 Å². The molecule has 4 nitrogen and oxygen atoms in total. The van der Waals surface area contributed by atoms with E-state index in [1.807, 2.05) is 18.2 Å². The third-order valence-electron chi connectivity index (χ3n) is 2.74. The van der Waals surface area contributed by atoms with Crippen LogP contribution in [0.3, 0.4) is 0 Å². The average Bonchev–Trinajstić information content (AvgIpc) is 2.91. The summed E-state index contributed by atoms with van der Waals surface area (Å²) in [6.07, 6.45) is 2.48. The maximum atomic E-state index is 5.71. The van der Waals surface area contributed by atoms with Gasteiger partial charge in [0, 0.05) is 12.3 Å². The predicted octanol–water partition coefficient (Wildman–Crippen LogP) is 3.38. The Kier molecular flexibility index (Phi) is 5.21. The van der Waals surface area contributed by atoms with Crippen molar-refractivity contribution >= 4 is 11.6 Å². The van der Waals surface area contributed by atoms with Gasteiger partial charge in [-0.15, -0.1) is 21.8 Å². The molecule has 1 aromatic heterocycles. The summed E-state index contributed by atoms with van der Waals surface area (Å²) in [5.74, 6) is 2.57. The molecule has 1 aromatic carbocycles. The largest absolute Gasteiger partial charge is 0.484 e. The van der Waals surface area contributed by atoms with Crippen molar-refractivity contribution in [3.63, 3.8) is 0 Å². The van der Waals surface area contributed by atoms with Gasteiger partial charge in [-0.05, 0) is 24.5 Å². The van der Waals surface area contributed by atoms with Crippen LogP contribution in [0.4, 0.5) is 0 Å². The zero-order valence-electron chi connectivity index (χ0n) is 10.9. The van der Waals surface area contributed by atoms with Crippen LogP contribution < -0.4 is 4.74 Å². The Hall–Kier alpha value is -1.55. The average molecular weight is 281 g/mol. The van der Waals surface area contributed by atoms with E-state index >= 15 is 0 Å². The molecule has 0 aliphatic carbocycles. The Labute approximate surface area is 117 Å². The maximum absolute atomic E-state index is 5.71. The van der Waals surface area contributed by atoms with E-state index in [2.05, 4.69) is 23.2 Å². The van der Waals surface area contributed by atoms with Gasteiger partial charge in [0.1, 0.15) is 5.75 Å². The van der Waals surface area contributed by atoms with Crippen LogP contribution in [0.1, 0.15) is 30.7 Å². The van der Waals surface area contributed by atoms with Gasteiger partial charge in [-0.1, -0.05) is 25.1 Å². The van der Waals surface area contributed by atoms with E-state index in [0.717, 1.165) is 18.6 Å². The fraction of sp³-hybridized carbons (Fsp3) is 0.429. The Bertz CT molecular complexity index is 514. The molecule has 0 N–H and O–H groups in total. The smallest absolute Gasteiger partial charge is 0.253 e. The van der Waals surface area contributed by atoms with E-state index in [1.165, 1.54) is 5.56 Å². The van der Waals surface area contributed by atoms with Crippen molar-refractivity contribution in [2.45, 2.75) is 32.8 Å². The first-order valence-electron chi connectivity index (χ1n) is 6.41. The number of benzene rings is 1. The summed E-state index contributed by atoms with van der Waals surface area (Å²) in [6.45, 7) is 2.39. The van der Waals surface area contributed by atoms with Gasteiger partial charge in [0.15, 0.2) is 6.61 Å². The molecule has 0 fully saturated rings. The molecule has 0 saturated heterocycles. The van der Waals surface area contributed by atoms with Gasteiger partial charge in [0.2, 0.25) is 5.89 Å². The molecule has 2 rings (SSSR count). The van der Waals surface area contributed by atoms with E-state index in [0.29, 0.717) is 30.7 Å². The quantitative estimate of drug-likeness (QED) is 0.730. The predicted molar refractivity (Wildman–Crippen MR) is 73.5 cm³/mol. The third kappa shape index (κ3) is 3.96. The number of para-hydroxylation sites is 1. The van der Waals surface area contributed by atoms with Gasteiger partial charge >= 0.3 is 0 Å². The number of aromatic nitrogens is 2. The molecular formula is C14H17ClN2O2. The van der Waals surface area contributed by atoms with E-state index in [9.17, 15) is 0 Å². The highest BCUT2D eigenvalue weighted by Gasteiger charge is 2.07. The number of ether oxygens (including phenoxy) is 1. The Morgan fingerprint density at radius 3 is 2.79 bits per heavy atom. The zero-order valence-corrected chi connectivity index (χ0v) is 11.7. The van der Waals surface area contributed by atoms with Gasteiger partial charge in [-0.2, -0.15) is 0 Å². The first kappa shape index (κ1) is 13.9. The van der Waals surface area contributed by atoms with Crippen LogP contribution in [-0.4, -0.2) is 16.1 Å². The topological polar surface area (TPSA) is 48.2 Å². The van der Waals surface area contributed by atoms with E-state index in [-0.39, 0.29) is 0 Å². The number of halogens is 1. The molecule has 102 valence electrons. The van der Waals surface area contributed by atoms with Crippen LogP contribution in [0.5, 0.6) is 5.75 Å². The lowest BCUT2D eigenvalue weighted by atomic mass is 10.1. The summed E-state index contributed by atoms with van der Waals surface area (Å²) in [5, 5.41) is 7.91. The van der Waals surface area contributed by atoms with Crippen molar-refractivity contribution in [3.05, 3.63) is 41.6 Å². The maximum Gasteiger partial charge on any atom is 0.253 e. The summed E-state index contributed by atoms with van der Waals surface area (Å²) in [5.41, 5.74) is 1.17. The molecule has 0 aliphatic rings. The highest BCUT2D eigenvalue weighted by molar-refractivity contribution is 6.17. The summed E-state index contributed by atoms with van der Waals surface area (Å²) in [7, 11) is 0. The zero-order chi connectivity index (χ0) is 13.5. The molecule has 2 aromatic rings. The van der Waals surface area contributed by atoms with Crippen LogP contribution in [0, 0.1) is 0 Å². The van der Waals surface area contributed by atoms with Crippen molar-refractivity contribution in [1.29, 1.82) is 0 Å². The Morgan fingerprint density at radius 2 is 2.00 bits per heavy atom. The summed E-state index contributed by atoms with van der Waals surface area (Å²) in [4.78, 5) is 0. The number of alkyl halides is 1. The van der Waals surface area contributed by atoms with Gasteiger partial charge in [-0.3, -0.25) is 0 Å². The minimum Gasteiger partial charge on any atom is -0.484 e. The fourth-order valence-corrected chi connectivity index (χ4v) is 1.88. The number of nitrogens with zero attached hydrogens (tertiary/aromatic N) is 2. The lowest BCUT2D eigenvalue weighted by Gasteiger charge is -2.07. The van der Waals surface area contributed by atoms with Gasteiger partial charge < -0.3 is 9.15 Å². The molecule has 0 bridgehead atoms. The summed E-state index contributed by atoms with van der Waals surface area (Å²) < 4.78 is 11.2. The van der Waals surface area contributed by atoms with Crippen LogP contribution >= 0.6 is 11.6 Å². The van der Waals surface area contributed by atoms with Crippen molar-refractivity contribution in [3.8, 4) is 5.75 Å². The van der Waals surface area contributed by atoms with Gasteiger partial charge in [-0.25, -0.2) is 0 Å². The van der Waals surface area contributed by atoms with E-state index in [1.54, 1.807) is 0 Å². The second-order valence-electron chi connectivity index (χ2n) is 4.13. The highest BCUT2D eigenvalue weighted by atomic mass is 35.5. The molecule has 0 atom stereocenters. The lowest BCUT2D eigenvalue weighted by Crippen LogP contribution is -1.98. The van der Waals surface area contributed by atoms with Crippen LogP contribution in [0.25, 0.3) is 0 Å². The van der Waals surface area contributed by atoms with Gasteiger partial charge in [0.25, 0.3) is 5.89 Å². The Morgan fingerprint density at radius 1 is 1.21 bits per heavy atom. The molecule has 0 saturated carbocycles. The SMILES string of the molecule is CCc1ccccc1OCc1nnc(CCCCl)o1. The standard InChI is InChI=1S/C14H17ClN2O2/c1-2-11-6-3-4-7-12(11)18-10-14-17-16-13(19-14)8-5-9-15/h3-4,6-7H,2,5,8-10H2,1H3. The van der Waals surface area contributed by atoms with Crippen LogP contribution in [-0.2, 0) is 19.4 Å².